The second-order valence-electron chi connectivity index (χ2n) is 5.68. The molecule has 2 aromatic carbocycles. The maximum Gasteiger partial charge on any atom is 0.261 e. The summed E-state index contributed by atoms with van der Waals surface area (Å²) in [7, 11) is -0.413. The first-order valence-corrected chi connectivity index (χ1v) is 9.06. The fourth-order valence-electron chi connectivity index (χ4n) is 2.49. The molecule has 0 atom stereocenters. The summed E-state index contributed by atoms with van der Waals surface area (Å²) in [4.78, 5) is 18.2. The van der Waals surface area contributed by atoms with E-state index in [4.69, 9.17) is 0 Å². The van der Waals surface area contributed by atoms with Gasteiger partial charge in [-0.3, -0.25) is 14.5 Å². The van der Waals surface area contributed by atoms with Gasteiger partial charge in [-0.15, -0.1) is 0 Å². The second-order valence-corrected chi connectivity index (χ2v) is 7.36. The molecule has 1 aromatic heterocycles. The van der Waals surface area contributed by atoms with Crippen molar-refractivity contribution < 1.29 is 13.2 Å². The van der Waals surface area contributed by atoms with Crippen LogP contribution in [-0.2, 0) is 10.0 Å². The predicted molar refractivity (Wildman–Crippen MR) is 97.0 cm³/mol. The number of fused-ring (bicyclic) bond motifs is 1. The molecule has 0 unspecified atom stereocenters. The van der Waals surface area contributed by atoms with Crippen molar-refractivity contribution in [1.82, 2.24) is 9.88 Å². The number of hydrogen-bond donors (Lipinski definition) is 1. The van der Waals surface area contributed by atoms with Gasteiger partial charge in [-0.25, -0.2) is 8.42 Å². The maximum atomic E-state index is 12.6. The van der Waals surface area contributed by atoms with Crippen LogP contribution in [0, 0.1) is 0 Å². The number of carbonyl (C=O) groups excluding carboxylic acids is 1. The lowest BCUT2D eigenvalue weighted by molar-refractivity contribution is 0.0829. The minimum absolute atomic E-state index is 0.160. The zero-order valence-electron chi connectivity index (χ0n) is 13.8. The predicted octanol–water partition coefficient (Wildman–Crippen LogP) is 2.74. The number of nitrogens with zero attached hydrogens (tertiary/aromatic N) is 2. The van der Waals surface area contributed by atoms with Crippen LogP contribution in [0.3, 0.4) is 0 Å². The standard InChI is InChI=1S/C18H17N3O3S/c1-21(2)18(22)15-11-12-19-17-14(15)9-6-10-16(17)20-25(23,24)13-7-4-3-5-8-13/h3-12,20H,1-2H3. The van der Waals surface area contributed by atoms with Gasteiger partial charge in [0, 0.05) is 25.7 Å². The third kappa shape index (κ3) is 3.32. The van der Waals surface area contributed by atoms with Gasteiger partial charge in [-0.05, 0) is 24.3 Å². The van der Waals surface area contributed by atoms with Gasteiger partial charge < -0.3 is 4.90 Å². The third-order valence-electron chi connectivity index (χ3n) is 3.71. The summed E-state index contributed by atoms with van der Waals surface area (Å²) in [6, 6.07) is 14.8. The van der Waals surface area contributed by atoms with E-state index in [1.54, 1.807) is 56.6 Å². The summed E-state index contributed by atoms with van der Waals surface area (Å²) in [5.74, 6) is -0.171. The lowest BCUT2D eigenvalue weighted by Gasteiger charge is -2.14. The van der Waals surface area contributed by atoms with Gasteiger partial charge in [0.15, 0.2) is 0 Å². The van der Waals surface area contributed by atoms with Crippen molar-refractivity contribution >= 4 is 32.5 Å². The van der Waals surface area contributed by atoms with Gasteiger partial charge >= 0.3 is 0 Å². The molecule has 1 amide bonds. The Kier molecular flexibility index (Phi) is 4.41. The van der Waals surface area contributed by atoms with Crippen LogP contribution in [0.5, 0.6) is 0 Å². The minimum Gasteiger partial charge on any atom is -0.345 e. The fourth-order valence-corrected chi connectivity index (χ4v) is 3.58. The maximum absolute atomic E-state index is 12.6. The molecule has 0 aliphatic rings. The van der Waals surface area contributed by atoms with E-state index in [0.717, 1.165) is 0 Å². The van der Waals surface area contributed by atoms with Crippen LogP contribution in [0.2, 0.25) is 0 Å². The topological polar surface area (TPSA) is 79.4 Å². The second kappa shape index (κ2) is 6.52. The third-order valence-corrected chi connectivity index (χ3v) is 5.09. The Hall–Kier alpha value is -2.93. The number of carbonyl (C=O) groups is 1. The Labute approximate surface area is 146 Å². The number of aromatic nitrogens is 1. The molecular formula is C18H17N3O3S. The smallest absolute Gasteiger partial charge is 0.261 e. The molecule has 7 heteroatoms. The summed E-state index contributed by atoms with van der Waals surface area (Å²) >= 11 is 0. The number of amides is 1. The molecule has 25 heavy (non-hydrogen) atoms. The highest BCUT2D eigenvalue weighted by atomic mass is 32.2. The number of hydrogen-bond acceptors (Lipinski definition) is 4. The van der Waals surface area contributed by atoms with Crippen molar-refractivity contribution in [2.75, 3.05) is 18.8 Å². The van der Waals surface area contributed by atoms with Gasteiger partial charge in [0.25, 0.3) is 15.9 Å². The van der Waals surface area contributed by atoms with Gasteiger partial charge in [-0.1, -0.05) is 30.3 Å². The average molecular weight is 355 g/mol. The van der Waals surface area contributed by atoms with Crippen LogP contribution in [0.15, 0.2) is 65.7 Å². The molecule has 0 spiro atoms. The van der Waals surface area contributed by atoms with E-state index in [-0.39, 0.29) is 10.8 Å². The zero-order valence-corrected chi connectivity index (χ0v) is 14.6. The number of nitrogens with one attached hydrogen (secondary N) is 1. The van der Waals surface area contributed by atoms with E-state index in [1.807, 2.05) is 0 Å². The van der Waals surface area contributed by atoms with Crippen LogP contribution in [-0.4, -0.2) is 38.3 Å². The molecule has 3 rings (SSSR count). The molecule has 0 aliphatic heterocycles. The van der Waals surface area contributed by atoms with Crippen molar-refractivity contribution in [3.05, 3.63) is 66.4 Å². The summed E-state index contributed by atoms with van der Waals surface area (Å²) in [6.07, 6.45) is 1.50. The molecule has 0 radical (unpaired) electrons. The van der Waals surface area contributed by atoms with Crippen LogP contribution in [0.25, 0.3) is 10.9 Å². The quantitative estimate of drug-likeness (QED) is 0.780. The Morgan fingerprint density at radius 1 is 1.00 bits per heavy atom. The molecule has 0 saturated heterocycles. The molecular weight excluding hydrogens is 338 g/mol. The Balaban J connectivity index is 2.10. The lowest BCUT2D eigenvalue weighted by atomic mass is 10.1. The normalized spacial score (nSPS) is 11.3. The molecule has 1 N–H and O–H groups in total. The molecule has 0 bridgehead atoms. The van der Waals surface area contributed by atoms with E-state index >= 15 is 0 Å². The summed E-state index contributed by atoms with van der Waals surface area (Å²) < 4.78 is 27.7. The Bertz CT molecular complexity index is 1030. The van der Waals surface area contributed by atoms with E-state index in [0.29, 0.717) is 22.2 Å². The van der Waals surface area contributed by atoms with E-state index < -0.39 is 10.0 Å². The van der Waals surface area contributed by atoms with Crippen molar-refractivity contribution in [1.29, 1.82) is 0 Å². The van der Waals surface area contributed by atoms with E-state index in [2.05, 4.69) is 9.71 Å². The number of para-hydroxylation sites is 1. The molecule has 128 valence electrons. The van der Waals surface area contributed by atoms with E-state index in [1.165, 1.54) is 23.2 Å². The monoisotopic (exact) mass is 355 g/mol. The Morgan fingerprint density at radius 2 is 1.72 bits per heavy atom. The van der Waals surface area contributed by atoms with Crippen LogP contribution >= 0.6 is 0 Å². The van der Waals surface area contributed by atoms with Crippen molar-refractivity contribution in [3.8, 4) is 0 Å². The highest BCUT2D eigenvalue weighted by molar-refractivity contribution is 7.92. The van der Waals surface area contributed by atoms with Gasteiger partial charge in [0.2, 0.25) is 0 Å². The first kappa shape index (κ1) is 16.9. The number of benzene rings is 2. The summed E-state index contributed by atoms with van der Waals surface area (Å²) in [5, 5.41) is 0.592. The van der Waals surface area contributed by atoms with Crippen LogP contribution < -0.4 is 4.72 Å². The van der Waals surface area contributed by atoms with E-state index in [9.17, 15) is 13.2 Å². The molecule has 0 saturated carbocycles. The van der Waals surface area contributed by atoms with Crippen molar-refractivity contribution in [3.63, 3.8) is 0 Å². The largest absolute Gasteiger partial charge is 0.345 e. The van der Waals surface area contributed by atoms with Gasteiger partial charge in [0.05, 0.1) is 21.7 Å². The molecule has 0 aliphatic carbocycles. The fraction of sp³-hybridized carbons (Fsp3) is 0.111. The SMILES string of the molecule is CN(C)C(=O)c1ccnc2c(NS(=O)(=O)c3ccccc3)cccc12. The first-order valence-electron chi connectivity index (χ1n) is 7.57. The first-order chi connectivity index (χ1) is 11.9. The Morgan fingerprint density at radius 3 is 2.40 bits per heavy atom. The zero-order chi connectivity index (χ0) is 18.0. The van der Waals surface area contributed by atoms with Crippen LogP contribution in [0.1, 0.15) is 10.4 Å². The van der Waals surface area contributed by atoms with Gasteiger partial charge in [0.1, 0.15) is 0 Å². The highest BCUT2D eigenvalue weighted by Gasteiger charge is 2.18. The van der Waals surface area contributed by atoms with Crippen molar-refractivity contribution in [2.45, 2.75) is 4.90 Å². The number of anilines is 1. The highest BCUT2D eigenvalue weighted by Crippen LogP contribution is 2.26. The molecule has 6 nitrogen and oxygen atoms in total. The summed E-state index contributed by atoms with van der Waals surface area (Å²) in [6.45, 7) is 0. The average Bonchev–Trinajstić information content (AvgIpc) is 2.61. The number of sulfonamides is 1. The number of pyridine rings is 1. The van der Waals surface area contributed by atoms with Crippen LogP contribution in [0.4, 0.5) is 5.69 Å². The minimum atomic E-state index is -3.74. The lowest BCUT2D eigenvalue weighted by Crippen LogP contribution is -2.22. The molecule has 3 aromatic rings. The summed E-state index contributed by atoms with van der Waals surface area (Å²) in [5.41, 5.74) is 1.22. The van der Waals surface area contributed by atoms with Crippen molar-refractivity contribution in [2.24, 2.45) is 0 Å². The molecule has 0 fully saturated rings. The van der Waals surface area contributed by atoms with Gasteiger partial charge in [-0.2, -0.15) is 0 Å². The number of rotatable bonds is 4. The molecule has 1 heterocycles.